The first kappa shape index (κ1) is 78.3. The molecule has 0 aromatic rings. The summed E-state index contributed by atoms with van der Waals surface area (Å²) >= 11 is 0. The van der Waals surface area contributed by atoms with E-state index < -0.39 is 6.10 Å². The van der Waals surface area contributed by atoms with E-state index in [9.17, 15) is 14.4 Å². The Morgan fingerprint density at radius 3 is 0.768 bits per heavy atom. The van der Waals surface area contributed by atoms with E-state index in [-0.39, 0.29) is 31.1 Å². The lowest BCUT2D eigenvalue weighted by atomic mass is 10.0. The maximum absolute atomic E-state index is 12.9. The third kappa shape index (κ3) is 67.1. The molecule has 0 spiro atoms. The number of hydrogen-bond acceptors (Lipinski definition) is 6. The van der Waals surface area contributed by atoms with Crippen LogP contribution < -0.4 is 0 Å². The summed E-state index contributed by atoms with van der Waals surface area (Å²) in [6, 6.07) is 0. The molecule has 0 saturated carbocycles. The van der Waals surface area contributed by atoms with Crippen LogP contribution in [-0.2, 0) is 28.6 Å². The molecule has 0 aliphatic rings. The van der Waals surface area contributed by atoms with Crippen LogP contribution in [0.3, 0.4) is 0 Å². The summed E-state index contributed by atoms with van der Waals surface area (Å²) in [6.07, 6.45) is 94.4. The molecule has 0 N–H and O–H groups in total. The molecular weight excluding hydrogens is 1010 g/mol. The normalized spacial score (nSPS) is 12.7. The lowest BCUT2D eigenvalue weighted by Crippen LogP contribution is -2.30. The van der Waals surface area contributed by atoms with E-state index >= 15 is 0 Å². The van der Waals surface area contributed by atoms with Gasteiger partial charge in [-0.15, -0.1) is 0 Å². The van der Waals surface area contributed by atoms with Gasteiger partial charge in [0.2, 0.25) is 0 Å². The van der Waals surface area contributed by atoms with Crippen molar-refractivity contribution < 1.29 is 28.6 Å². The fourth-order valence-corrected chi connectivity index (χ4v) is 10.1. The Morgan fingerprint density at radius 1 is 0.256 bits per heavy atom. The molecule has 82 heavy (non-hydrogen) atoms. The molecule has 0 aliphatic heterocycles. The zero-order chi connectivity index (χ0) is 59.2. The molecule has 1 atom stereocenters. The third-order valence-corrected chi connectivity index (χ3v) is 15.3. The maximum atomic E-state index is 12.9. The Hall–Kier alpha value is -3.67. The van der Waals surface area contributed by atoms with Gasteiger partial charge in [-0.2, -0.15) is 0 Å². The molecule has 0 bridgehead atoms. The minimum atomic E-state index is -0.779. The summed E-state index contributed by atoms with van der Waals surface area (Å²) < 4.78 is 16.9. The molecule has 0 aromatic carbocycles. The molecule has 0 aromatic heterocycles. The summed E-state index contributed by atoms with van der Waals surface area (Å²) in [4.78, 5) is 38.3. The summed E-state index contributed by atoms with van der Waals surface area (Å²) in [6.45, 7) is 6.53. The highest BCUT2D eigenvalue weighted by Crippen LogP contribution is 2.17. The number of esters is 3. The predicted octanol–water partition coefficient (Wildman–Crippen LogP) is 24.4. The summed E-state index contributed by atoms with van der Waals surface area (Å²) in [7, 11) is 0. The molecule has 1 unspecified atom stereocenters. The Kier molecular flexibility index (Phi) is 66.7. The second-order valence-electron chi connectivity index (χ2n) is 23.4. The van der Waals surface area contributed by atoms with Crippen molar-refractivity contribution in [3.63, 3.8) is 0 Å². The lowest BCUT2D eigenvalue weighted by molar-refractivity contribution is -0.167. The van der Waals surface area contributed by atoms with E-state index in [1.54, 1.807) is 0 Å². The van der Waals surface area contributed by atoms with Gasteiger partial charge in [-0.25, -0.2) is 0 Å². The van der Waals surface area contributed by atoms with Crippen molar-refractivity contribution in [1.29, 1.82) is 0 Å². The molecular formula is C76H132O6. The second kappa shape index (κ2) is 69.8. The molecule has 472 valence electrons. The number of rotatable bonds is 64. The monoisotopic (exact) mass is 1140 g/mol. The number of carbonyl (C=O) groups excluding carboxylic acids is 3. The van der Waals surface area contributed by atoms with Crippen LogP contribution in [0, 0.1) is 0 Å². The van der Waals surface area contributed by atoms with Gasteiger partial charge >= 0.3 is 17.9 Å². The molecule has 0 saturated heterocycles. The smallest absolute Gasteiger partial charge is 0.306 e. The first-order chi connectivity index (χ1) is 40.5. The molecule has 0 fully saturated rings. The largest absolute Gasteiger partial charge is 0.462 e. The van der Waals surface area contributed by atoms with E-state index in [1.165, 1.54) is 199 Å². The topological polar surface area (TPSA) is 78.9 Å². The van der Waals surface area contributed by atoms with Gasteiger partial charge in [0.25, 0.3) is 0 Å². The molecule has 0 heterocycles. The van der Waals surface area contributed by atoms with Crippen molar-refractivity contribution in [3.05, 3.63) is 97.2 Å². The van der Waals surface area contributed by atoms with Crippen LogP contribution in [0.2, 0.25) is 0 Å². The zero-order valence-electron chi connectivity index (χ0n) is 54.2. The number of ether oxygens (including phenoxy) is 3. The van der Waals surface area contributed by atoms with Crippen molar-refractivity contribution in [2.24, 2.45) is 0 Å². The molecule has 0 rings (SSSR count). The second-order valence-corrected chi connectivity index (χ2v) is 23.4. The molecule has 0 amide bonds. The number of unbranched alkanes of at least 4 members (excludes halogenated alkanes) is 37. The standard InChI is InChI=1S/C76H132O6/c1-4-7-10-13-16-19-22-25-27-29-30-31-32-33-34-35-36-37-38-39-40-41-42-43-44-45-46-48-49-51-54-57-60-63-66-69-75(78)81-72-73(71-80-74(77)68-65-62-59-56-53-24-21-18-15-12-9-6-3)82-76(79)70-67-64-61-58-55-52-50-47-28-26-23-20-17-14-11-8-5-2/h7,10,16-17,19-20,25-28,30-31,33-34,36-37,73H,4-6,8-9,11-15,18,21-24,29,32,35,38-72H2,1-3H3/b10-7-,19-16-,20-17-,27-25-,28-26-,31-30-,34-33-,37-36-. The van der Waals surface area contributed by atoms with Gasteiger partial charge in [0, 0.05) is 19.3 Å². The van der Waals surface area contributed by atoms with E-state index in [2.05, 4.69) is 118 Å². The Balaban J connectivity index is 4.14. The van der Waals surface area contributed by atoms with E-state index in [1.807, 2.05) is 0 Å². The summed E-state index contributed by atoms with van der Waals surface area (Å²) in [5, 5.41) is 0. The van der Waals surface area contributed by atoms with Gasteiger partial charge in [-0.1, -0.05) is 323 Å². The maximum Gasteiger partial charge on any atom is 0.306 e. The quantitative estimate of drug-likeness (QED) is 0.0261. The van der Waals surface area contributed by atoms with Crippen LogP contribution >= 0.6 is 0 Å². The Morgan fingerprint density at radius 2 is 0.476 bits per heavy atom. The van der Waals surface area contributed by atoms with E-state index in [0.717, 1.165) is 109 Å². The highest BCUT2D eigenvalue weighted by molar-refractivity contribution is 5.71. The molecule has 0 aliphatic carbocycles. The summed E-state index contributed by atoms with van der Waals surface area (Å²) in [5.41, 5.74) is 0. The van der Waals surface area contributed by atoms with Gasteiger partial charge < -0.3 is 14.2 Å². The minimum Gasteiger partial charge on any atom is -0.462 e. The van der Waals surface area contributed by atoms with E-state index in [4.69, 9.17) is 14.2 Å². The molecule has 6 heteroatoms. The highest BCUT2D eigenvalue weighted by atomic mass is 16.6. The van der Waals surface area contributed by atoms with Crippen LogP contribution in [0.5, 0.6) is 0 Å². The Labute approximate surface area is 508 Å². The van der Waals surface area contributed by atoms with Crippen molar-refractivity contribution >= 4 is 17.9 Å². The van der Waals surface area contributed by atoms with Gasteiger partial charge in [0.05, 0.1) is 0 Å². The third-order valence-electron chi connectivity index (χ3n) is 15.3. The Bertz CT molecular complexity index is 1590. The van der Waals surface area contributed by atoms with Crippen molar-refractivity contribution in [2.75, 3.05) is 13.2 Å². The van der Waals surface area contributed by atoms with Crippen molar-refractivity contribution in [1.82, 2.24) is 0 Å². The van der Waals surface area contributed by atoms with Crippen molar-refractivity contribution in [2.45, 2.75) is 354 Å². The van der Waals surface area contributed by atoms with Crippen LogP contribution in [0.4, 0.5) is 0 Å². The number of hydrogen-bond donors (Lipinski definition) is 0. The summed E-state index contributed by atoms with van der Waals surface area (Å²) in [5.74, 6) is -0.866. The first-order valence-electron chi connectivity index (χ1n) is 35.2. The first-order valence-corrected chi connectivity index (χ1v) is 35.2. The molecule has 0 radical (unpaired) electrons. The van der Waals surface area contributed by atoms with Crippen molar-refractivity contribution in [3.8, 4) is 0 Å². The number of carbonyl (C=O) groups is 3. The molecule has 6 nitrogen and oxygen atoms in total. The van der Waals surface area contributed by atoms with Crippen LogP contribution in [-0.4, -0.2) is 37.2 Å². The fraction of sp³-hybridized carbons (Fsp3) is 0.750. The van der Waals surface area contributed by atoms with Crippen LogP contribution in [0.15, 0.2) is 97.2 Å². The zero-order valence-corrected chi connectivity index (χ0v) is 54.2. The number of allylic oxidation sites excluding steroid dienone is 16. The highest BCUT2D eigenvalue weighted by Gasteiger charge is 2.19. The fourth-order valence-electron chi connectivity index (χ4n) is 10.1. The van der Waals surface area contributed by atoms with Gasteiger partial charge in [-0.3, -0.25) is 14.4 Å². The van der Waals surface area contributed by atoms with Gasteiger partial charge in [0.1, 0.15) is 13.2 Å². The SMILES string of the molecule is CC/C=C\C/C=C\C/C=C\C/C=C\C/C=C\C/C=C\CCCCCCCCCCCCCCCCCCC(=O)OCC(COC(=O)CCCCCCCCCCCCCC)OC(=O)CCCCCCCCC/C=C\C/C=C\CCCCC. The minimum absolute atomic E-state index is 0.0750. The van der Waals surface area contributed by atoms with Crippen LogP contribution in [0.25, 0.3) is 0 Å². The van der Waals surface area contributed by atoms with E-state index in [0.29, 0.717) is 19.3 Å². The predicted molar refractivity (Wildman–Crippen MR) is 357 cm³/mol. The average molecular weight is 1140 g/mol. The van der Waals surface area contributed by atoms with Crippen LogP contribution in [0.1, 0.15) is 348 Å². The van der Waals surface area contributed by atoms with Gasteiger partial charge in [-0.05, 0) is 103 Å². The van der Waals surface area contributed by atoms with Gasteiger partial charge in [0.15, 0.2) is 6.10 Å². The average Bonchev–Trinajstić information content (AvgIpc) is 3.47. The lowest BCUT2D eigenvalue weighted by Gasteiger charge is -2.18.